The van der Waals surface area contributed by atoms with Crippen LogP contribution in [0.3, 0.4) is 0 Å². The van der Waals surface area contributed by atoms with E-state index in [4.69, 9.17) is 0 Å². The Bertz CT molecular complexity index is 873. The van der Waals surface area contributed by atoms with Gasteiger partial charge in [-0.3, -0.25) is 4.99 Å². The van der Waals surface area contributed by atoms with Crippen LogP contribution in [-0.2, 0) is 6.42 Å². The number of halogens is 1. The molecule has 0 saturated heterocycles. The standard InChI is InChI=1S/C21H26FN5/c1-23-21(25-12-5-11-24-18-6-3-2-4-7-18)26-13-10-16-15-27-20-9-8-17(22)14-19(16)20/h2-4,6-9,14-15,24,27H,5,10-13H2,1H3,(H2,23,25,26). The van der Waals surface area contributed by atoms with Crippen LogP contribution in [0, 0.1) is 5.82 Å². The Kier molecular flexibility index (Phi) is 6.68. The van der Waals surface area contributed by atoms with E-state index >= 15 is 0 Å². The zero-order valence-corrected chi connectivity index (χ0v) is 15.6. The van der Waals surface area contributed by atoms with Crippen molar-refractivity contribution in [3.05, 3.63) is 66.1 Å². The van der Waals surface area contributed by atoms with Crippen LogP contribution < -0.4 is 16.0 Å². The van der Waals surface area contributed by atoms with Crippen molar-refractivity contribution in [1.29, 1.82) is 0 Å². The van der Waals surface area contributed by atoms with Gasteiger partial charge < -0.3 is 20.9 Å². The Morgan fingerprint density at radius 1 is 1.04 bits per heavy atom. The lowest BCUT2D eigenvalue weighted by Gasteiger charge is -2.12. The summed E-state index contributed by atoms with van der Waals surface area (Å²) >= 11 is 0. The number of para-hydroxylation sites is 1. The number of fused-ring (bicyclic) bond motifs is 1. The molecule has 0 aliphatic rings. The molecular weight excluding hydrogens is 341 g/mol. The summed E-state index contributed by atoms with van der Waals surface area (Å²) in [5, 5.41) is 10.9. The van der Waals surface area contributed by atoms with Gasteiger partial charge in [0.15, 0.2) is 5.96 Å². The van der Waals surface area contributed by atoms with Crippen molar-refractivity contribution in [3.8, 4) is 0 Å². The molecule has 5 nitrogen and oxygen atoms in total. The van der Waals surface area contributed by atoms with Crippen molar-refractivity contribution in [2.75, 3.05) is 32.0 Å². The molecule has 0 spiro atoms. The van der Waals surface area contributed by atoms with Crippen LogP contribution in [0.25, 0.3) is 10.9 Å². The summed E-state index contributed by atoms with van der Waals surface area (Å²) < 4.78 is 13.4. The minimum absolute atomic E-state index is 0.210. The first-order valence-electron chi connectivity index (χ1n) is 9.25. The van der Waals surface area contributed by atoms with E-state index in [1.165, 1.54) is 6.07 Å². The minimum Gasteiger partial charge on any atom is -0.385 e. The van der Waals surface area contributed by atoms with Gasteiger partial charge in [-0.25, -0.2) is 4.39 Å². The first-order valence-corrected chi connectivity index (χ1v) is 9.25. The van der Waals surface area contributed by atoms with E-state index in [1.807, 2.05) is 24.4 Å². The smallest absolute Gasteiger partial charge is 0.190 e. The predicted octanol–water partition coefficient (Wildman–Crippen LogP) is 3.52. The van der Waals surface area contributed by atoms with Crippen LogP contribution in [0.5, 0.6) is 0 Å². The number of aromatic nitrogens is 1. The monoisotopic (exact) mass is 367 g/mol. The van der Waals surface area contributed by atoms with Crippen molar-refractivity contribution in [1.82, 2.24) is 15.6 Å². The number of benzene rings is 2. The minimum atomic E-state index is -0.210. The molecule has 0 amide bonds. The molecule has 3 aromatic rings. The normalized spacial score (nSPS) is 11.6. The molecule has 0 fully saturated rings. The third-order valence-electron chi connectivity index (χ3n) is 4.39. The van der Waals surface area contributed by atoms with E-state index < -0.39 is 0 Å². The summed E-state index contributed by atoms with van der Waals surface area (Å²) in [6.07, 6.45) is 3.72. The Hall–Kier alpha value is -3.02. The molecule has 27 heavy (non-hydrogen) atoms. The van der Waals surface area contributed by atoms with Gasteiger partial charge >= 0.3 is 0 Å². The number of H-pyrrole nitrogens is 1. The molecule has 0 saturated carbocycles. The maximum Gasteiger partial charge on any atom is 0.190 e. The number of hydrogen-bond donors (Lipinski definition) is 4. The molecule has 0 radical (unpaired) electrons. The Morgan fingerprint density at radius 2 is 1.85 bits per heavy atom. The number of aliphatic imine (C=N–C) groups is 1. The molecular formula is C21H26FN5. The molecule has 0 aliphatic heterocycles. The van der Waals surface area contributed by atoms with Crippen molar-refractivity contribution in [2.45, 2.75) is 12.8 Å². The molecule has 6 heteroatoms. The molecule has 1 aromatic heterocycles. The molecule has 4 N–H and O–H groups in total. The van der Waals surface area contributed by atoms with E-state index in [0.29, 0.717) is 0 Å². The first-order chi connectivity index (χ1) is 13.3. The summed E-state index contributed by atoms with van der Waals surface area (Å²) in [7, 11) is 1.76. The number of nitrogens with one attached hydrogen (secondary N) is 4. The molecule has 3 rings (SSSR count). The summed E-state index contributed by atoms with van der Waals surface area (Å²) in [4.78, 5) is 7.43. The third kappa shape index (κ3) is 5.48. The van der Waals surface area contributed by atoms with Gasteiger partial charge in [-0.1, -0.05) is 18.2 Å². The Labute approximate surface area is 159 Å². The van der Waals surface area contributed by atoms with Crippen LogP contribution >= 0.6 is 0 Å². The van der Waals surface area contributed by atoms with Gasteiger partial charge in [0.1, 0.15) is 5.82 Å². The first kappa shape index (κ1) is 18.8. The van der Waals surface area contributed by atoms with E-state index in [2.05, 4.69) is 38.1 Å². The predicted molar refractivity (Wildman–Crippen MR) is 111 cm³/mol. The lowest BCUT2D eigenvalue weighted by Crippen LogP contribution is -2.39. The largest absolute Gasteiger partial charge is 0.385 e. The quantitative estimate of drug-likeness (QED) is 0.280. The number of hydrogen-bond acceptors (Lipinski definition) is 2. The van der Waals surface area contributed by atoms with Crippen molar-refractivity contribution < 1.29 is 4.39 Å². The topological polar surface area (TPSA) is 64.2 Å². The second-order valence-corrected chi connectivity index (χ2v) is 6.33. The summed E-state index contributed by atoms with van der Waals surface area (Å²) in [5.41, 5.74) is 3.19. The van der Waals surface area contributed by atoms with Crippen molar-refractivity contribution >= 4 is 22.5 Å². The number of guanidine groups is 1. The van der Waals surface area contributed by atoms with Gasteiger partial charge in [0.25, 0.3) is 0 Å². The highest BCUT2D eigenvalue weighted by molar-refractivity contribution is 5.83. The summed E-state index contributed by atoms with van der Waals surface area (Å²) in [6, 6.07) is 15.0. The number of nitrogens with zero attached hydrogens (tertiary/aromatic N) is 1. The summed E-state index contributed by atoms with van der Waals surface area (Å²) in [5.74, 6) is 0.568. The van der Waals surface area contributed by atoms with Gasteiger partial charge in [-0.15, -0.1) is 0 Å². The Balaban J connectivity index is 1.37. The average molecular weight is 367 g/mol. The zero-order chi connectivity index (χ0) is 18.9. The second-order valence-electron chi connectivity index (χ2n) is 6.33. The molecule has 2 aromatic carbocycles. The van der Waals surface area contributed by atoms with Crippen LogP contribution in [0.15, 0.2) is 59.7 Å². The SMILES string of the molecule is CN=C(NCCCNc1ccccc1)NCCc1c[nH]c2ccc(F)cc12. The third-order valence-corrected chi connectivity index (χ3v) is 4.39. The van der Waals surface area contributed by atoms with E-state index in [-0.39, 0.29) is 5.82 Å². The fourth-order valence-corrected chi connectivity index (χ4v) is 2.98. The molecule has 142 valence electrons. The molecule has 0 bridgehead atoms. The van der Waals surface area contributed by atoms with Crippen LogP contribution in [0.4, 0.5) is 10.1 Å². The Morgan fingerprint density at radius 3 is 2.67 bits per heavy atom. The molecule has 0 unspecified atom stereocenters. The van der Waals surface area contributed by atoms with Gasteiger partial charge in [0.05, 0.1) is 0 Å². The molecule has 0 atom stereocenters. The fourth-order valence-electron chi connectivity index (χ4n) is 2.98. The highest BCUT2D eigenvalue weighted by Gasteiger charge is 2.05. The van der Waals surface area contributed by atoms with Crippen LogP contribution in [-0.4, -0.2) is 37.6 Å². The summed E-state index contributed by atoms with van der Waals surface area (Å²) in [6.45, 7) is 2.46. The number of aromatic amines is 1. The van der Waals surface area contributed by atoms with Crippen molar-refractivity contribution in [2.24, 2.45) is 4.99 Å². The molecule has 0 aliphatic carbocycles. The highest BCUT2D eigenvalue weighted by Crippen LogP contribution is 2.19. The van der Waals surface area contributed by atoms with Gasteiger partial charge in [-0.2, -0.15) is 0 Å². The van der Waals surface area contributed by atoms with Crippen LogP contribution in [0.2, 0.25) is 0 Å². The van der Waals surface area contributed by atoms with E-state index in [9.17, 15) is 4.39 Å². The lowest BCUT2D eigenvalue weighted by molar-refractivity contribution is 0.629. The number of rotatable bonds is 8. The zero-order valence-electron chi connectivity index (χ0n) is 15.6. The second kappa shape index (κ2) is 9.62. The maximum atomic E-state index is 13.4. The van der Waals surface area contributed by atoms with Crippen molar-refractivity contribution in [3.63, 3.8) is 0 Å². The number of anilines is 1. The lowest BCUT2D eigenvalue weighted by atomic mass is 10.1. The van der Waals surface area contributed by atoms with Crippen LogP contribution in [0.1, 0.15) is 12.0 Å². The van der Waals surface area contributed by atoms with E-state index in [1.54, 1.807) is 19.2 Å². The average Bonchev–Trinajstić information content (AvgIpc) is 3.09. The fraction of sp³-hybridized carbons (Fsp3) is 0.286. The molecule has 1 heterocycles. The highest BCUT2D eigenvalue weighted by atomic mass is 19.1. The van der Waals surface area contributed by atoms with Gasteiger partial charge in [-0.05, 0) is 48.7 Å². The van der Waals surface area contributed by atoms with Gasteiger partial charge in [0.2, 0.25) is 0 Å². The van der Waals surface area contributed by atoms with E-state index in [0.717, 1.165) is 60.6 Å². The maximum absolute atomic E-state index is 13.4. The van der Waals surface area contributed by atoms with Gasteiger partial charge in [0, 0.05) is 49.5 Å².